The van der Waals surface area contributed by atoms with E-state index in [1.165, 1.54) is 19.3 Å². The molecule has 3 N–H and O–H groups in total. The molecule has 2 aliphatic carbocycles. The smallest absolute Gasteiger partial charge is 0.314 e. The summed E-state index contributed by atoms with van der Waals surface area (Å²) in [6.07, 6.45) is 8.56. The molecule has 0 aromatic rings. The number of nitrogens with one attached hydrogen (secondary N) is 2. The lowest BCUT2D eigenvalue weighted by Crippen LogP contribution is -2.48. The lowest BCUT2D eigenvalue weighted by atomic mass is 9.85. The molecule has 0 aromatic carbocycles. The average molecular weight is 254 g/mol. The van der Waals surface area contributed by atoms with Gasteiger partial charge in [-0.3, -0.25) is 0 Å². The van der Waals surface area contributed by atoms with Gasteiger partial charge in [-0.2, -0.15) is 0 Å². The van der Waals surface area contributed by atoms with Crippen molar-refractivity contribution in [2.45, 2.75) is 63.9 Å². The minimum Gasteiger partial charge on any atom is -0.388 e. The highest BCUT2D eigenvalue weighted by Crippen LogP contribution is 2.47. The van der Waals surface area contributed by atoms with Crippen molar-refractivity contribution >= 4 is 6.03 Å². The Morgan fingerprint density at radius 2 is 1.67 bits per heavy atom. The maximum atomic E-state index is 11.7. The van der Waals surface area contributed by atoms with E-state index in [9.17, 15) is 9.90 Å². The fraction of sp³-hybridized carbons (Fsp3) is 0.929. The van der Waals surface area contributed by atoms with Crippen LogP contribution in [0.2, 0.25) is 0 Å². The van der Waals surface area contributed by atoms with Crippen molar-refractivity contribution in [3.63, 3.8) is 0 Å². The fourth-order valence-corrected chi connectivity index (χ4v) is 2.79. The number of hydrogen-bond acceptors (Lipinski definition) is 2. The van der Waals surface area contributed by atoms with Gasteiger partial charge in [0, 0.05) is 13.1 Å². The summed E-state index contributed by atoms with van der Waals surface area (Å²) in [5, 5.41) is 16.0. The molecule has 2 saturated carbocycles. The van der Waals surface area contributed by atoms with Crippen LogP contribution in [0.5, 0.6) is 0 Å². The molecule has 0 unspecified atom stereocenters. The third-order valence-corrected chi connectivity index (χ3v) is 4.69. The summed E-state index contributed by atoms with van der Waals surface area (Å²) < 4.78 is 0. The third-order valence-electron chi connectivity index (χ3n) is 4.69. The molecule has 0 radical (unpaired) electrons. The molecule has 2 rings (SSSR count). The van der Waals surface area contributed by atoms with Crippen LogP contribution in [-0.2, 0) is 0 Å². The standard InChI is InChI=1S/C14H26N2O2/c1-2-13(8-9-13)10-15-12(17)16-11-14(18)6-4-3-5-7-14/h18H,2-11H2,1H3,(H2,15,16,17). The highest BCUT2D eigenvalue weighted by atomic mass is 16.3. The van der Waals surface area contributed by atoms with Gasteiger partial charge in [0.1, 0.15) is 0 Å². The lowest BCUT2D eigenvalue weighted by molar-refractivity contribution is 0.00717. The molecule has 0 spiro atoms. The second-order valence-electron chi connectivity index (χ2n) is 6.17. The molecule has 4 heteroatoms. The van der Waals surface area contributed by atoms with Crippen LogP contribution < -0.4 is 10.6 Å². The van der Waals surface area contributed by atoms with Gasteiger partial charge in [-0.1, -0.05) is 26.2 Å². The van der Waals surface area contributed by atoms with Gasteiger partial charge in [0.05, 0.1) is 5.60 Å². The predicted molar refractivity (Wildman–Crippen MR) is 71.4 cm³/mol. The summed E-state index contributed by atoms with van der Waals surface area (Å²) in [6, 6.07) is -0.131. The fourth-order valence-electron chi connectivity index (χ4n) is 2.79. The monoisotopic (exact) mass is 254 g/mol. The van der Waals surface area contributed by atoms with Crippen molar-refractivity contribution in [2.75, 3.05) is 13.1 Å². The predicted octanol–water partition coefficient (Wildman–Crippen LogP) is 2.17. The topological polar surface area (TPSA) is 61.4 Å². The van der Waals surface area contributed by atoms with Crippen LogP contribution in [0.25, 0.3) is 0 Å². The Bertz CT molecular complexity index is 294. The van der Waals surface area contributed by atoms with E-state index in [1.54, 1.807) is 0 Å². The highest BCUT2D eigenvalue weighted by molar-refractivity contribution is 5.74. The van der Waals surface area contributed by atoms with E-state index in [4.69, 9.17) is 0 Å². The minimum absolute atomic E-state index is 0.131. The molecule has 104 valence electrons. The summed E-state index contributed by atoms with van der Waals surface area (Å²) in [7, 11) is 0. The van der Waals surface area contributed by atoms with Gasteiger partial charge < -0.3 is 15.7 Å². The zero-order valence-corrected chi connectivity index (χ0v) is 11.4. The first-order valence-electron chi connectivity index (χ1n) is 7.32. The van der Waals surface area contributed by atoms with Crippen molar-refractivity contribution in [1.82, 2.24) is 10.6 Å². The first kappa shape index (κ1) is 13.7. The second-order valence-corrected chi connectivity index (χ2v) is 6.17. The minimum atomic E-state index is -0.669. The zero-order valence-electron chi connectivity index (χ0n) is 11.4. The molecule has 2 amide bonds. The molecular weight excluding hydrogens is 228 g/mol. The Morgan fingerprint density at radius 3 is 2.22 bits per heavy atom. The number of aliphatic hydroxyl groups is 1. The van der Waals surface area contributed by atoms with E-state index >= 15 is 0 Å². The van der Waals surface area contributed by atoms with E-state index in [1.807, 2.05) is 0 Å². The van der Waals surface area contributed by atoms with Gasteiger partial charge in [0.2, 0.25) is 0 Å². The number of hydrogen-bond donors (Lipinski definition) is 3. The molecular formula is C14H26N2O2. The Labute approximate surface area is 110 Å². The van der Waals surface area contributed by atoms with Crippen LogP contribution in [0, 0.1) is 5.41 Å². The van der Waals surface area contributed by atoms with E-state index in [0.29, 0.717) is 12.0 Å². The van der Waals surface area contributed by atoms with Crippen molar-refractivity contribution in [3.8, 4) is 0 Å². The maximum Gasteiger partial charge on any atom is 0.314 e. The molecule has 2 aliphatic rings. The van der Waals surface area contributed by atoms with E-state index in [0.717, 1.165) is 38.6 Å². The van der Waals surface area contributed by atoms with Crippen LogP contribution in [0.4, 0.5) is 4.79 Å². The summed E-state index contributed by atoms with van der Waals surface area (Å²) in [5.41, 5.74) is -0.295. The maximum absolute atomic E-state index is 11.7. The number of carbonyl (C=O) groups is 1. The zero-order chi connectivity index (χ0) is 13.1. The van der Waals surface area contributed by atoms with Gasteiger partial charge in [-0.05, 0) is 37.5 Å². The number of urea groups is 1. The Kier molecular flexibility index (Phi) is 4.15. The Balaban J connectivity index is 1.65. The first-order chi connectivity index (χ1) is 8.58. The van der Waals surface area contributed by atoms with Crippen LogP contribution >= 0.6 is 0 Å². The van der Waals surface area contributed by atoms with Crippen LogP contribution in [0.15, 0.2) is 0 Å². The summed E-state index contributed by atoms with van der Waals surface area (Å²) in [6.45, 7) is 3.34. The molecule has 4 nitrogen and oxygen atoms in total. The highest BCUT2D eigenvalue weighted by Gasteiger charge is 2.40. The molecule has 0 heterocycles. The van der Waals surface area contributed by atoms with Crippen LogP contribution in [-0.4, -0.2) is 29.8 Å². The largest absolute Gasteiger partial charge is 0.388 e. The number of carbonyl (C=O) groups excluding carboxylic acids is 1. The first-order valence-corrected chi connectivity index (χ1v) is 7.32. The van der Waals surface area contributed by atoms with Crippen molar-refractivity contribution in [1.29, 1.82) is 0 Å². The molecule has 0 aliphatic heterocycles. The molecule has 0 bridgehead atoms. The molecule has 18 heavy (non-hydrogen) atoms. The molecule has 2 fully saturated rings. The summed E-state index contributed by atoms with van der Waals surface area (Å²) in [4.78, 5) is 11.7. The number of amides is 2. The van der Waals surface area contributed by atoms with Crippen molar-refractivity contribution in [3.05, 3.63) is 0 Å². The van der Waals surface area contributed by atoms with E-state index in [-0.39, 0.29) is 6.03 Å². The quantitative estimate of drug-likeness (QED) is 0.704. The van der Waals surface area contributed by atoms with Gasteiger partial charge >= 0.3 is 6.03 Å². The van der Waals surface area contributed by atoms with Gasteiger partial charge in [0.15, 0.2) is 0 Å². The van der Waals surface area contributed by atoms with Gasteiger partial charge in [-0.25, -0.2) is 4.79 Å². The van der Waals surface area contributed by atoms with Crippen LogP contribution in [0.1, 0.15) is 58.3 Å². The molecule has 0 saturated heterocycles. The SMILES string of the molecule is CCC1(CNC(=O)NCC2(O)CCCCC2)CC1. The van der Waals surface area contributed by atoms with Gasteiger partial charge in [-0.15, -0.1) is 0 Å². The summed E-state index contributed by atoms with van der Waals surface area (Å²) >= 11 is 0. The lowest BCUT2D eigenvalue weighted by Gasteiger charge is -2.32. The Morgan fingerprint density at radius 1 is 1.06 bits per heavy atom. The van der Waals surface area contributed by atoms with E-state index < -0.39 is 5.60 Å². The van der Waals surface area contributed by atoms with Crippen molar-refractivity contribution in [2.24, 2.45) is 5.41 Å². The molecule has 0 aromatic heterocycles. The third kappa shape index (κ3) is 3.61. The average Bonchev–Trinajstić information content (AvgIpc) is 3.16. The number of rotatable bonds is 5. The van der Waals surface area contributed by atoms with Gasteiger partial charge in [0.25, 0.3) is 0 Å². The van der Waals surface area contributed by atoms with E-state index in [2.05, 4.69) is 17.6 Å². The van der Waals surface area contributed by atoms with Crippen molar-refractivity contribution < 1.29 is 9.90 Å². The second kappa shape index (κ2) is 5.47. The Hall–Kier alpha value is -0.770. The molecule has 0 atom stereocenters. The summed E-state index contributed by atoms with van der Waals surface area (Å²) in [5.74, 6) is 0. The normalized spacial score (nSPS) is 24.3. The van der Waals surface area contributed by atoms with Crippen LogP contribution in [0.3, 0.4) is 0 Å².